The Morgan fingerprint density at radius 2 is 2.00 bits per heavy atom. The lowest BCUT2D eigenvalue weighted by Gasteiger charge is -2.15. The Morgan fingerprint density at radius 3 is 2.61 bits per heavy atom. The Bertz CT molecular complexity index is 504. The lowest BCUT2D eigenvalue weighted by atomic mass is 9.91. The van der Waals surface area contributed by atoms with Crippen molar-refractivity contribution in [3.8, 4) is 5.75 Å². The van der Waals surface area contributed by atoms with Crippen molar-refractivity contribution in [3.05, 3.63) is 42.5 Å². The van der Waals surface area contributed by atoms with Gasteiger partial charge < -0.3 is 4.74 Å². The first-order chi connectivity index (χ1) is 8.74. The molecule has 18 heavy (non-hydrogen) atoms. The van der Waals surface area contributed by atoms with Crippen molar-refractivity contribution in [3.63, 3.8) is 0 Å². The first-order valence-corrected chi connectivity index (χ1v) is 6.22. The van der Waals surface area contributed by atoms with E-state index in [0.717, 1.165) is 6.42 Å². The molecule has 92 valence electrons. The molecular formula is C15H14O3. The maximum absolute atomic E-state index is 11.8. The van der Waals surface area contributed by atoms with Gasteiger partial charge >= 0.3 is 5.97 Å². The minimum absolute atomic E-state index is 0.0459. The second-order valence-electron chi connectivity index (χ2n) is 4.91. The average Bonchev–Trinajstić information content (AvgIpc) is 2.85. The van der Waals surface area contributed by atoms with Crippen LogP contribution in [0, 0.1) is 17.8 Å². The van der Waals surface area contributed by atoms with Crippen LogP contribution in [0.1, 0.15) is 12.8 Å². The molecule has 0 radical (unpaired) electrons. The van der Waals surface area contributed by atoms with Gasteiger partial charge in [0.05, 0.1) is 0 Å². The summed E-state index contributed by atoms with van der Waals surface area (Å²) in [6.07, 6.45) is 5.03. The van der Waals surface area contributed by atoms with Crippen molar-refractivity contribution in [2.24, 2.45) is 17.8 Å². The molecule has 3 unspecified atom stereocenters. The minimum Gasteiger partial charge on any atom is -0.427 e. The topological polar surface area (TPSA) is 43.4 Å². The normalized spacial score (nSPS) is 28.7. The number of para-hydroxylation sites is 1. The number of benzene rings is 1. The van der Waals surface area contributed by atoms with Crippen LogP contribution in [0.5, 0.6) is 5.75 Å². The summed E-state index contributed by atoms with van der Waals surface area (Å²) in [5.41, 5.74) is 0. The minimum atomic E-state index is -0.250. The summed E-state index contributed by atoms with van der Waals surface area (Å²) in [5, 5.41) is 0. The Morgan fingerprint density at radius 1 is 1.22 bits per heavy atom. The van der Waals surface area contributed by atoms with E-state index in [9.17, 15) is 9.59 Å². The Kier molecular flexibility index (Phi) is 2.74. The summed E-state index contributed by atoms with van der Waals surface area (Å²) in [6, 6.07) is 9.03. The zero-order valence-corrected chi connectivity index (χ0v) is 9.91. The molecule has 1 saturated carbocycles. The van der Waals surface area contributed by atoms with E-state index < -0.39 is 0 Å². The molecular weight excluding hydrogens is 228 g/mol. The molecule has 3 rings (SSSR count). The van der Waals surface area contributed by atoms with Crippen molar-refractivity contribution in [2.45, 2.75) is 12.8 Å². The number of allylic oxidation sites excluding steroid dienone is 2. The molecule has 3 atom stereocenters. The summed E-state index contributed by atoms with van der Waals surface area (Å²) in [5.74, 6) is 0.701. The smallest absolute Gasteiger partial charge is 0.311 e. The lowest BCUT2D eigenvalue weighted by Crippen LogP contribution is -2.18. The van der Waals surface area contributed by atoms with Crippen molar-refractivity contribution in [1.29, 1.82) is 0 Å². The molecule has 1 aromatic carbocycles. The van der Waals surface area contributed by atoms with Gasteiger partial charge in [-0.3, -0.25) is 9.59 Å². The second kappa shape index (κ2) is 4.41. The van der Waals surface area contributed by atoms with Crippen LogP contribution in [0.4, 0.5) is 0 Å². The maximum atomic E-state index is 11.8. The lowest BCUT2D eigenvalue weighted by molar-refractivity contribution is -0.135. The fourth-order valence-electron chi connectivity index (χ4n) is 2.83. The van der Waals surface area contributed by atoms with Gasteiger partial charge in [0.2, 0.25) is 0 Å². The number of hydrogen-bond donors (Lipinski definition) is 0. The van der Waals surface area contributed by atoms with Gasteiger partial charge in [0.1, 0.15) is 11.5 Å². The quantitative estimate of drug-likeness (QED) is 0.464. The first kappa shape index (κ1) is 11.2. The largest absolute Gasteiger partial charge is 0.427 e. The number of ether oxygens (including phenoxy) is 1. The molecule has 2 aliphatic carbocycles. The van der Waals surface area contributed by atoms with E-state index in [0.29, 0.717) is 12.2 Å². The zero-order valence-electron chi connectivity index (χ0n) is 9.91. The van der Waals surface area contributed by atoms with Crippen LogP contribution in [0.15, 0.2) is 42.5 Å². The van der Waals surface area contributed by atoms with E-state index >= 15 is 0 Å². The fourth-order valence-corrected chi connectivity index (χ4v) is 2.83. The highest BCUT2D eigenvalue weighted by Crippen LogP contribution is 2.42. The summed E-state index contributed by atoms with van der Waals surface area (Å²) in [6.45, 7) is 0. The summed E-state index contributed by atoms with van der Waals surface area (Å²) in [4.78, 5) is 23.5. The number of carbonyl (C=O) groups is 2. The van der Waals surface area contributed by atoms with Crippen LogP contribution < -0.4 is 4.74 Å². The zero-order chi connectivity index (χ0) is 12.5. The highest BCUT2D eigenvalue weighted by Gasteiger charge is 2.44. The molecule has 3 nitrogen and oxygen atoms in total. The highest BCUT2D eigenvalue weighted by molar-refractivity contribution is 5.92. The van der Waals surface area contributed by atoms with Gasteiger partial charge in [0.25, 0.3) is 0 Å². The first-order valence-electron chi connectivity index (χ1n) is 6.22. The second-order valence-corrected chi connectivity index (χ2v) is 4.91. The number of hydrogen-bond acceptors (Lipinski definition) is 3. The Labute approximate surface area is 105 Å². The molecule has 1 aromatic rings. The molecule has 0 N–H and O–H groups in total. The predicted molar refractivity (Wildman–Crippen MR) is 65.9 cm³/mol. The monoisotopic (exact) mass is 242 g/mol. The van der Waals surface area contributed by atoms with E-state index in [1.807, 2.05) is 30.4 Å². The molecule has 0 heterocycles. The van der Waals surface area contributed by atoms with E-state index in [1.165, 1.54) is 0 Å². The molecule has 2 aliphatic rings. The summed E-state index contributed by atoms with van der Waals surface area (Å²) in [7, 11) is 0. The van der Waals surface area contributed by atoms with Gasteiger partial charge in [0.15, 0.2) is 0 Å². The van der Waals surface area contributed by atoms with Gasteiger partial charge in [-0.15, -0.1) is 0 Å². The van der Waals surface area contributed by atoms with E-state index in [1.54, 1.807) is 12.1 Å². The molecule has 0 saturated heterocycles. The summed E-state index contributed by atoms with van der Waals surface area (Å²) >= 11 is 0. The predicted octanol–water partition coefficient (Wildman–Crippen LogP) is 2.37. The molecule has 0 aromatic heterocycles. The van der Waals surface area contributed by atoms with Crippen molar-refractivity contribution in [2.75, 3.05) is 0 Å². The maximum Gasteiger partial charge on any atom is 0.311 e. The third-order valence-electron chi connectivity index (χ3n) is 3.71. The number of fused-ring (bicyclic) bond motifs is 2. The number of rotatable bonds is 3. The van der Waals surface area contributed by atoms with Crippen LogP contribution in [0.25, 0.3) is 0 Å². The Balaban J connectivity index is 1.60. The standard InChI is InChI=1S/C15H14O3/c16-14(18-12-4-2-1-3-5-12)9-11-8-10-6-7-13(11)15(10)17/h1-7,10-11,13H,8-9H2. The third-order valence-corrected chi connectivity index (χ3v) is 3.71. The van der Waals surface area contributed by atoms with E-state index in [4.69, 9.17) is 4.74 Å². The van der Waals surface area contributed by atoms with Crippen molar-refractivity contribution < 1.29 is 14.3 Å². The number of esters is 1. The fraction of sp³-hybridized carbons (Fsp3) is 0.333. The van der Waals surface area contributed by atoms with E-state index in [-0.39, 0.29) is 29.5 Å². The Hall–Kier alpha value is -1.90. The number of ketones is 1. The van der Waals surface area contributed by atoms with Crippen LogP contribution in [-0.4, -0.2) is 11.8 Å². The summed E-state index contributed by atoms with van der Waals surface area (Å²) < 4.78 is 5.24. The van der Waals surface area contributed by atoms with Crippen LogP contribution in [0.2, 0.25) is 0 Å². The average molecular weight is 242 g/mol. The van der Waals surface area contributed by atoms with Gasteiger partial charge in [0, 0.05) is 18.3 Å². The highest BCUT2D eigenvalue weighted by atomic mass is 16.5. The SMILES string of the molecule is O=C(CC1CC2C=CC1C2=O)Oc1ccccc1. The molecule has 0 spiro atoms. The van der Waals surface area contributed by atoms with Crippen molar-refractivity contribution >= 4 is 11.8 Å². The number of carbonyl (C=O) groups excluding carboxylic acids is 2. The van der Waals surface area contributed by atoms with Gasteiger partial charge in [-0.25, -0.2) is 0 Å². The van der Waals surface area contributed by atoms with Crippen LogP contribution in [-0.2, 0) is 9.59 Å². The van der Waals surface area contributed by atoms with Gasteiger partial charge in [-0.05, 0) is 24.5 Å². The third kappa shape index (κ3) is 1.96. The molecule has 1 fully saturated rings. The molecule has 3 heteroatoms. The molecule has 0 amide bonds. The van der Waals surface area contributed by atoms with Gasteiger partial charge in [-0.2, -0.15) is 0 Å². The van der Waals surface area contributed by atoms with Crippen LogP contribution >= 0.6 is 0 Å². The molecule has 0 aliphatic heterocycles. The molecule has 2 bridgehead atoms. The number of Topliss-reactive ketones (excluding diaryl/α,β-unsaturated/α-hetero) is 1. The van der Waals surface area contributed by atoms with Crippen LogP contribution in [0.3, 0.4) is 0 Å². The van der Waals surface area contributed by atoms with Crippen molar-refractivity contribution in [1.82, 2.24) is 0 Å². The van der Waals surface area contributed by atoms with Gasteiger partial charge in [-0.1, -0.05) is 30.4 Å². The van der Waals surface area contributed by atoms with E-state index in [2.05, 4.69) is 0 Å².